The molecule has 0 saturated carbocycles. The Morgan fingerprint density at radius 3 is 1.46 bits per heavy atom. The number of benzene rings is 15. The molecule has 0 amide bonds. The molecule has 6 nitrogen and oxygen atoms in total. The minimum Gasteiger partial charge on any atom is -0.458 e. The highest BCUT2D eigenvalue weighted by Crippen LogP contribution is 2.54. The fraction of sp³-hybridized carbons (Fsp3) is 0. The van der Waals surface area contributed by atoms with E-state index in [1.807, 2.05) is 22.7 Å². The van der Waals surface area contributed by atoms with Crippen molar-refractivity contribution in [3.05, 3.63) is 346 Å². The second-order valence-electron chi connectivity index (χ2n) is 26.2. The van der Waals surface area contributed by atoms with Gasteiger partial charge in [-0.2, -0.15) is 0 Å². The van der Waals surface area contributed by atoms with Crippen LogP contribution in [0.3, 0.4) is 0 Å². The van der Waals surface area contributed by atoms with Crippen molar-refractivity contribution in [3.8, 4) is 22.6 Å². The van der Waals surface area contributed by atoms with Gasteiger partial charge in [-0.1, -0.05) is 218 Å². The van der Waals surface area contributed by atoms with Gasteiger partial charge in [0.05, 0.1) is 33.1 Å². The third-order valence-electron chi connectivity index (χ3n) is 20.8. The van der Waals surface area contributed by atoms with Crippen molar-refractivity contribution >= 4 is 195 Å². The van der Waals surface area contributed by atoms with Crippen LogP contribution in [0.2, 0.25) is 0 Å². The van der Waals surface area contributed by atoms with E-state index < -0.39 is 0 Å². The number of nitrogens with zero attached hydrogens (tertiary/aromatic N) is 5. The smallest absolute Gasteiger partial charge is 0.256 e. The van der Waals surface area contributed by atoms with Gasteiger partial charge in [-0.05, 0) is 154 Å². The van der Waals surface area contributed by atoms with E-state index in [9.17, 15) is 0 Å². The molecule has 0 atom stereocenters. The Bertz CT molecular complexity index is 6110. The fourth-order valence-corrected chi connectivity index (χ4v) is 19.1. The first kappa shape index (κ1) is 56.8. The van der Waals surface area contributed by atoms with Gasteiger partial charge in [-0.15, -0.1) is 22.7 Å². The normalized spacial score (nSPS) is 13.0. The molecule has 21 rings (SSSR count). The quantitative estimate of drug-likeness (QED) is 0.127. The summed E-state index contributed by atoms with van der Waals surface area (Å²) < 4.78 is 13.0. The van der Waals surface area contributed by atoms with E-state index in [0.29, 0.717) is 0 Å². The third kappa shape index (κ3) is 8.64. The van der Waals surface area contributed by atoms with Crippen molar-refractivity contribution < 1.29 is 4.74 Å². The first-order valence-corrected chi connectivity index (χ1v) is 35.8. The number of hydrogen-bond donors (Lipinski definition) is 0. The molecule has 2 aromatic heterocycles. The number of ether oxygens (including phenoxy) is 1. The van der Waals surface area contributed by atoms with E-state index in [2.05, 4.69) is 370 Å². The maximum Gasteiger partial charge on any atom is 0.256 e. The maximum atomic E-state index is 7.98. The highest BCUT2D eigenvalue weighted by Gasteiger charge is 2.49. The summed E-state index contributed by atoms with van der Waals surface area (Å²) in [5.41, 5.74) is 25.6. The van der Waals surface area contributed by atoms with E-state index in [-0.39, 0.29) is 13.4 Å². The van der Waals surface area contributed by atoms with Crippen molar-refractivity contribution in [2.45, 2.75) is 0 Å². The van der Waals surface area contributed by atoms with Crippen LogP contribution in [-0.4, -0.2) is 13.4 Å². The Morgan fingerprint density at radius 2 is 0.770 bits per heavy atom. The lowest BCUT2D eigenvalue weighted by Crippen LogP contribution is -2.64. The topological polar surface area (TPSA) is 25.4 Å². The lowest BCUT2D eigenvalue weighted by Gasteiger charge is -2.46. The van der Waals surface area contributed by atoms with Crippen molar-refractivity contribution in [1.82, 2.24) is 0 Å². The number of fused-ring (bicyclic) bond motifs is 14. The van der Waals surface area contributed by atoms with Gasteiger partial charge >= 0.3 is 0 Å². The van der Waals surface area contributed by atoms with Gasteiger partial charge in [0.2, 0.25) is 0 Å². The number of anilines is 15. The van der Waals surface area contributed by atoms with Crippen molar-refractivity contribution in [3.63, 3.8) is 0 Å². The summed E-state index contributed by atoms with van der Waals surface area (Å²) in [6, 6.07) is 128. The lowest BCUT2D eigenvalue weighted by molar-refractivity contribution is 0.488. The molecule has 0 saturated heterocycles. The summed E-state index contributed by atoms with van der Waals surface area (Å²) in [6.07, 6.45) is 0. The predicted molar refractivity (Wildman–Crippen MR) is 427 cm³/mol. The van der Waals surface area contributed by atoms with Crippen LogP contribution in [0.5, 0.6) is 11.5 Å². The number of para-hydroxylation sites is 7. The first-order valence-electron chi connectivity index (χ1n) is 34.2. The summed E-state index contributed by atoms with van der Waals surface area (Å²) in [5.74, 6) is 1.63. The zero-order valence-electron chi connectivity index (χ0n) is 54.0. The second-order valence-corrected chi connectivity index (χ2v) is 28.3. The summed E-state index contributed by atoms with van der Waals surface area (Å²) >= 11 is 3.72. The average molecular weight is 1310 g/mol. The zero-order valence-corrected chi connectivity index (χ0v) is 55.7. The molecule has 0 spiro atoms. The molecular formula is C90H57B2N5OS2. The van der Waals surface area contributed by atoms with Gasteiger partial charge in [0, 0.05) is 110 Å². The predicted octanol–water partition coefficient (Wildman–Crippen LogP) is 21.5. The van der Waals surface area contributed by atoms with Gasteiger partial charge in [0.1, 0.15) is 11.5 Å². The highest BCUT2D eigenvalue weighted by atomic mass is 32.1. The molecule has 0 aliphatic carbocycles. The summed E-state index contributed by atoms with van der Waals surface area (Å²) in [6.45, 7) is -0.452. The average Bonchev–Trinajstić information content (AvgIpc) is 0.808. The van der Waals surface area contributed by atoms with Crippen LogP contribution in [0.4, 0.5) is 85.3 Å². The summed E-state index contributed by atoms with van der Waals surface area (Å²) in [7, 11) is 0. The molecule has 10 heteroatoms. The minimum atomic E-state index is -0.228. The highest BCUT2D eigenvalue weighted by molar-refractivity contribution is 7.26. The van der Waals surface area contributed by atoms with Gasteiger partial charge in [-0.3, -0.25) is 0 Å². The molecule has 6 heterocycles. The van der Waals surface area contributed by atoms with Crippen molar-refractivity contribution in [2.24, 2.45) is 0 Å². The largest absolute Gasteiger partial charge is 0.458 e. The van der Waals surface area contributed by atoms with Gasteiger partial charge in [0.25, 0.3) is 13.4 Å². The van der Waals surface area contributed by atoms with Crippen LogP contribution in [0, 0.1) is 0 Å². The Kier molecular flexibility index (Phi) is 12.9. The van der Waals surface area contributed by atoms with E-state index in [0.717, 1.165) is 119 Å². The second kappa shape index (κ2) is 22.6. The number of thiophene rings is 2. The number of rotatable bonds is 10. The van der Waals surface area contributed by atoms with Crippen molar-refractivity contribution in [1.29, 1.82) is 0 Å². The standard InChI is InChI=1S/C90H57B2N5OS2/c1-6-28-58(29-7-1)65-38-16-21-44-73(65)96-78-57-82-72(92-69-42-19-22-45-74(69)95(62-36-14-5-15-37-62)81-54-64(55-83(98-82)89(81)92)94(61-34-12-4-13-35-61)76-47-27-51-86-87(76)68-40-18-25-50-85(68)99-86)56-71(78)91-70-43-20-23-46-75(70)97(77-48-26-41-67-66-39-17-24-49-84(66)100-90(67)77)80-53-63(52-79(96)88(80)91)93(59-30-8-2-9-31-59)60-32-10-3-11-33-60/h1-57H. The third-order valence-corrected chi connectivity index (χ3v) is 23.1. The van der Waals surface area contributed by atoms with Gasteiger partial charge < -0.3 is 29.2 Å². The Labute approximate surface area is 588 Å². The zero-order chi connectivity index (χ0) is 65.5. The van der Waals surface area contributed by atoms with Crippen LogP contribution < -0.4 is 62.0 Å². The molecular weight excluding hydrogens is 1250 g/mol. The van der Waals surface area contributed by atoms with Crippen LogP contribution in [0.25, 0.3) is 51.5 Å². The van der Waals surface area contributed by atoms with Gasteiger partial charge in [0.15, 0.2) is 0 Å². The molecule has 0 fully saturated rings. The first-order chi connectivity index (χ1) is 49.6. The fourth-order valence-electron chi connectivity index (χ4n) is 16.7. The van der Waals surface area contributed by atoms with Crippen LogP contribution in [0.15, 0.2) is 346 Å². The molecule has 100 heavy (non-hydrogen) atoms. The SMILES string of the molecule is c1ccc(-c2ccccc2N2c3cc4c(cc3B3c5ccccc5N(c5cccc6c5sc5ccccc56)c5cc(N(c6ccccc6)c6ccccc6)cc2c53)B2c3ccccc3N(c3ccccc3)c3cc(N(c5ccccc5)c5cccc6sc7ccccc7c56)cc(c32)O4)cc1. The van der Waals surface area contributed by atoms with Gasteiger partial charge in [-0.25, -0.2) is 0 Å². The Morgan fingerprint density at radius 1 is 0.280 bits per heavy atom. The van der Waals surface area contributed by atoms with E-state index in [4.69, 9.17) is 4.74 Å². The lowest BCUT2D eigenvalue weighted by atomic mass is 9.30. The monoisotopic (exact) mass is 1310 g/mol. The minimum absolute atomic E-state index is 0.224. The van der Waals surface area contributed by atoms with E-state index >= 15 is 0 Å². The molecule has 15 aromatic carbocycles. The van der Waals surface area contributed by atoms with E-state index in [1.54, 1.807) is 0 Å². The molecule has 17 aromatic rings. The molecule has 0 N–H and O–H groups in total. The molecule has 4 aliphatic rings. The van der Waals surface area contributed by atoms with E-state index in [1.165, 1.54) is 62.2 Å². The van der Waals surface area contributed by atoms with Crippen LogP contribution in [0.1, 0.15) is 0 Å². The molecule has 4 aliphatic heterocycles. The maximum absolute atomic E-state index is 7.98. The molecule has 0 unspecified atom stereocenters. The molecule has 0 bridgehead atoms. The molecule has 466 valence electrons. The molecule has 0 radical (unpaired) electrons. The summed E-state index contributed by atoms with van der Waals surface area (Å²) in [5, 5.41) is 4.98. The van der Waals surface area contributed by atoms with Crippen molar-refractivity contribution in [2.75, 3.05) is 24.5 Å². The Balaban J connectivity index is 0.865. The van der Waals surface area contributed by atoms with Crippen LogP contribution >= 0.6 is 22.7 Å². The van der Waals surface area contributed by atoms with Crippen LogP contribution in [-0.2, 0) is 0 Å². The number of hydrogen-bond acceptors (Lipinski definition) is 8. The Hall–Kier alpha value is -12.3. The summed E-state index contributed by atoms with van der Waals surface area (Å²) in [4.78, 5) is 12.6.